The van der Waals surface area contributed by atoms with Gasteiger partial charge in [-0.1, -0.05) is 11.6 Å². The Morgan fingerprint density at radius 1 is 1.25 bits per heavy atom. The normalized spacial score (nSPS) is 12.2. The fraction of sp³-hybridized carbons (Fsp3) is 0.214. The Balaban J connectivity index is 2.28. The third-order valence-corrected chi connectivity index (χ3v) is 2.72. The highest BCUT2D eigenvalue weighted by Crippen LogP contribution is 2.29. The fourth-order valence-electron chi connectivity index (χ4n) is 1.77. The molecule has 0 spiro atoms. The molecule has 1 unspecified atom stereocenters. The van der Waals surface area contributed by atoms with Gasteiger partial charge >= 0.3 is 0 Å². The van der Waals surface area contributed by atoms with Gasteiger partial charge in [0.05, 0.1) is 11.2 Å². The molecule has 2 rings (SSSR count). The van der Waals surface area contributed by atoms with Crippen LogP contribution in [0.1, 0.15) is 12.5 Å². The highest BCUT2D eigenvalue weighted by atomic mass is 35.5. The van der Waals surface area contributed by atoms with Crippen molar-refractivity contribution in [1.82, 2.24) is 4.98 Å². The van der Waals surface area contributed by atoms with Crippen molar-refractivity contribution in [2.45, 2.75) is 19.4 Å². The van der Waals surface area contributed by atoms with Crippen molar-refractivity contribution in [3.05, 3.63) is 52.8 Å². The first-order valence-electron chi connectivity index (χ1n) is 5.97. The van der Waals surface area contributed by atoms with Crippen LogP contribution in [0, 0.1) is 11.6 Å². The minimum Gasteiger partial charge on any atom is -0.449 e. The number of nitrogens with two attached hydrogens (primary N) is 1. The Morgan fingerprint density at radius 3 is 2.45 bits per heavy atom. The Kier molecular flexibility index (Phi) is 4.52. The van der Waals surface area contributed by atoms with Gasteiger partial charge in [0.25, 0.3) is 0 Å². The zero-order valence-corrected chi connectivity index (χ0v) is 11.5. The smallest absolute Gasteiger partial charge is 0.198 e. The summed E-state index contributed by atoms with van der Waals surface area (Å²) in [5, 5.41) is 0.317. The van der Waals surface area contributed by atoms with Crippen LogP contribution in [-0.2, 0) is 6.42 Å². The van der Waals surface area contributed by atoms with E-state index in [1.165, 1.54) is 30.6 Å². The van der Waals surface area contributed by atoms with E-state index >= 15 is 0 Å². The van der Waals surface area contributed by atoms with E-state index in [-0.39, 0.29) is 11.8 Å². The monoisotopic (exact) mass is 298 g/mol. The summed E-state index contributed by atoms with van der Waals surface area (Å²) in [7, 11) is 0. The van der Waals surface area contributed by atoms with Gasteiger partial charge in [-0.05, 0) is 31.0 Å². The van der Waals surface area contributed by atoms with Crippen LogP contribution in [0.25, 0.3) is 0 Å². The topological polar surface area (TPSA) is 48.1 Å². The summed E-state index contributed by atoms with van der Waals surface area (Å²) in [4.78, 5) is 3.78. The highest BCUT2D eigenvalue weighted by Gasteiger charge is 2.14. The van der Waals surface area contributed by atoms with Crippen molar-refractivity contribution in [1.29, 1.82) is 0 Å². The second-order valence-electron chi connectivity index (χ2n) is 4.51. The quantitative estimate of drug-likeness (QED) is 0.936. The van der Waals surface area contributed by atoms with Gasteiger partial charge in [0.15, 0.2) is 17.4 Å². The molecule has 0 aliphatic carbocycles. The molecule has 0 aliphatic rings. The van der Waals surface area contributed by atoms with Crippen LogP contribution in [0.5, 0.6) is 11.5 Å². The van der Waals surface area contributed by atoms with Gasteiger partial charge in [0.1, 0.15) is 5.75 Å². The van der Waals surface area contributed by atoms with E-state index in [2.05, 4.69) is 4.98 Å². The summed E-state index contributed by atoms with van der Waals surface area (Å²) in [5.74, 6) is -1.90. The summed E-state index contributed by atoms with van der Waals surface area (Å²) in [5.41, 5.74) is 6.08. The lowest BCUT2D eigenvalue weighted by Gasteiger charge is -2.11. The third kappa shape index (κ3) is 3.65. The number of benzene rings is 1. The Bertz CT molecular complexity index is 597. The predicted octanol–water partition coefficient (Wildman–Crippen LogP) is 3.70. The van der Waals surface area contributed by atoms with Gasteiger partial charge in [0.2, 0.25) is 0 Å². The Morgan fingerprint density at radius 2 is 1.90 bits per heavy atom. The van der Waals surface area contributed by atoms with Crippen molar-refractivity contribution in [3.63, 3.8) is 0 Å². The van der Waals surface area contributed by atoms with Gasteiger partial charge in [-0.15, -0.1) is 0 Å². The van der Waals surface area contributed by atoms with E-state index in [9.17, 15) is 8.78 Å². The van der Waals surface area contributed by atoms with Gasteiger partial charge < -0.3 is 10.5 Å². The molecule has 20 heavy (non-hydrogen) atoms. The summed E-state index contributed by atoms with van der Waals surface area (Å²) in [6.07, 6.45) is 3.10. The molecule has 0 saturated heterocycles. The standard InChI is InChI=1S/C14H13ClF2N2O/c1-8(18)2-9-3-12(16)14(13(17)4-9)20-11-5-10(15)6-19-7-11/h3-8H,2,18H2,1H3. The average Bonchev–Trinajstić information content (AvgIpc) is 2.33. The number of hydrogen-bond acceptors (Lipinski definition) is 3. The van der Waals surface area contributed by atoms with Crippen LogP contribution >= 0.6 is 11.6 Å². The van der Waals surface area contributed by atoms with Crippen molar-refractivity contribution in [3.8, 4) is 11.5 Å². The number of aromatic nitrogens is 1. The molecule has 1 atom stereocenters. The lowest BCUT2D eigenvalue weighted by Crippen LogP contribution is -2.18. The maximum Gasteiger partial charge on any atom is 0.198 e. The molecule has 106 valence electrons. The van der Waals surface area contributed by atoms with Gasteiger partial charge in [0, 0.05) is 18.3 Å². The molecule has 0 aliphatic heterocycles. The first-order valence-corrected chi connectivity index (χ1v) is 6.35. The molecule has 1 aromatic heterocycles. The molecule has 0 bridgehead atoms. The molecule has 0 radical (unpaired) electrons. The molecular weight excluding hydrogens is 286 g/mol. The number of ether oxygens (including phenoxy) is 1. The molecule has 0 amide bonds. The van der Waals surface area contributed by atoms with E-state index in [4.69, 9.17) is 22.1 Å². The minimum absolute atomic E-state index is 0.162. The Labute approximate surface area is 120 Å². The molecule has 0 fully saturated rings. The van der Waals surface area contributed by atoms with Gasteiger partial charge in [-0.3, -0.25) is 4.98 Å². The van der Waals surface area contributed by atoms with Crippen LogP contribution in [0.2, 0.25) is 5.02 Å². The van der Waals surface area contributed by atoms with Crippen LogP contribution in [0.3, 0.4) is 0 Å². The SMILES string of the molecule is CC(N)Cc1cc(F)c(Oc2cncc(Cl)c2)c(F)c1. The lowest BCUT2D eigenvalue weighted by molar-refractivity contribution is 0.405. The molecular formula is C14H13ClF2N2O. The summed E-state index contributed by atoms with van der Waals surface area (Å²) in [6.45, 7) is 1.76. The number of halogens is 3. The number of hydrogen-bond donors (Lipinski definition) is 1. The lowest BCUT2D eigenvalue weighted by atomic mass is 10.1. The minimum atomic E-state index is -0.791. The van der Waals surface area contributed by atoms with Crippen LogP contribution in [-0.4, -0.2) is 11.0 Å². The van der Waals surface area contributed by atoms with E-state index in [1.807, 2.05) is 0 Å². The van der Waals surface area contributed by atoms with Crippen molar-refractivity contribution < 1.29 is 13.5 Å². The Hall–Kier alpha value is -1.72. The van der Waals surface area contributed by atoms with Crippen LogP contribution in [0.4, 0.5) is 8.78 Å². The van der Waals surface area contributed by atoms with E-state index in [0.717, 1.165) is 0 Å². The molecule has 3 nitrogen and oxygen atoms in total. The van der Waals surface area contributed by atoms with Gasteiger partial charge in [-0.25, -0.2) is 8.78 Å². The first kappa shape index (κ1) is 14.7. The second kappa shape index (κ2) is 6.15. The van der Waals surface area contributed by atoms with Crippen LogP contribution in [0.15, 0.2) is 30.6 Å². The molecule has 1 heterocycles. The zero-order chi connectivity index (χ0) is 14.7. The molecule has 2 aromatic rings. The number of nitrogens with zero attached hydrogens (tertiary/aromatic N) is 1. The van der Waals surface area contributed by atoms with E-state index < -0.39 is 17.4 Å². The van der Waals surface area contributed by atoms with E-state index in [0.29, 0.717) is 17.0 Å². The average molecular weight is 299 g/mol. The number of pyridine rings is 1. The fourth-order valence-corrected chi connectivity index (χ4v) is 1.93. The maximum absolute atomic E-state index is 13.9. The molecule has 6 heteroatoms. The maximum atomic E-state index is 13.9. The summed E-state index contributed by atoms with van der Waals surface area (Å²) < 4.78 is 32.9. The molecule has 1 aromatic carbocycles. The first-order chi connectivity index (χ1) is 9.45. The highest BCUT2D eigenvalue weighted by molar-refractivity contribution is 6.30. The van der Waals surface area contributed by atoms with Crippen LogP contribution < -0.4 is 10.5 Å². The summed E-state index contributed by atoms with van der Waals surface area (Å²) >= 11 is 5.73. The second-order valence-corrected chi connectivity index (χ2v) is 4.95. The number of rotatable bonds is 4. The van der Waals surface area contributed by atoms with E-state index in [1.54, 1.807) is 6.92 Å². The van der Waals surface area contributed by atoms with Gasteiger partial charge in [-0.2, -0.15) is 0 Å². The van der Waals surface area contributed by atoms with Crippen molar-refractivity contribution in [2.75, 3.05) is 0 Å². The molecule has 2 N–H and O–H groups in total. The summed E-state index contributed by atoms with van der Waals surface area (Å²) in [6, 6.07) is 3.65. The molecule has 0 saturated carbocycles. The van der Waals surface area contributed by atoms with Crippen molar-refractivity contribution >= 4 is 11.6 Å². The van der Waals surface area contributed by atoms with Crippen molar-refractivity contribution in [2.24, 2.45) is 5.73 Å². The largest absolute Gasteiger partial charge is 0.449 e. The zero-order valence-electron chi connectivity index (χ0n) is 10.7. The third-order valence-electron chi connectivity index (χ3n) is 2.52. The predicted molar refractivity (Wildman–Crippen MR) is 73.0 cm³/mol.